The lowest BCUT2D eigenvalue weighted by atomic mass is 9.75. The van der Waals surface area contributed by atoms with Crippen molar-refractivity contribution in [3.8, 4) is 17.6 Å². The van der Waals surface area contributed by atoms with Crippen molar-refractivity contribution < 1.29 is 23.8 Å². The van der Waals surface area contributed by atoms with Crippen LogP contribution in [0.3, 0.4) is 0 Å². The first-order valence-electron chi connectivity index (χ1n) is 10.9. The monoisotopic (exact) mass is 464 g/mol. The Balaban J connectivity index is 1.57. The van der Waals surface area contributed by atoms with Gasteiger partial charge in [0.05, 0.1) is 18.6 Å². The maximum absolute atomic E-state index is 13.5. The number of allylic oxidation sites excluding steroid dienone is 3. The van der Waals surface area contributed by atoms with E-state index in [1.807, 2.05) is 30.3 Å². The predicted molar refractivity (Wildman–Crippen MR) is 127 cm³/mol. The molecule has 0 radical (unpaired) electrons. The molecule has 172 valence electrons. The van der Waals surface area contributed by atoms with Crippen LogP contribution in [0.4, 0.5) is 0 Å². The van der Waals surface area contributed by atoms with Crippen LogP contribution < -0.4 is 15.2 Å². The minimum atomic E-state index is -0.898. The Morgan fingerprint density at radius 2 is 1.63 bits per heavy atom. The summed E-state index contributed by atoms with van der Waals surface area (Å²) >= 11 is 0. The summed E-state index contributed by atoms with van der Waals surface area (Å²) < 4.78 is 17.0. The lowest BCUT2D eigenvalue weighted by Crippen LogP contribution is -2.32. The van der Waals surface area contributed by atoms with Gasteiger partial charge in [0.2, 0.25) is 11.7 Å². The largest absolute Gasteiger partial charge is 0.493 e. The standard InChI is InChI=1S/C28H20N2O5/c1-33-22-13-17(11-12-21(22)34-15-16-7-3-2-4-8-16)23-20(14-29)28(30)35-27-24(23)25(31)18-9-5-6-10-19(18)26(27)32/h2-13,23H,15,30H2,1H3. The maximum atomic E-state index is 13.5. The molecule has 0 amide bonds. The lowest BCUT2D eigenvalue weighted by molar-refractivity contribution is 0.0897. The number of hydrogen-bond donors (Lipinski definition) is 1. The molecule has 0 saturated carbocycles. The minimum Gasteiger partial charge on any atom is -0.493 e. The number of fused-ring (bicyclic) bond motifs is 1. The molecule has 2 N–H and O–H groups in total. The Morgan fingerprint density at radius 3 is 2.31 bits per heavy atom. The number of nitrogens with two attached hydrogens (primary N) is 1. The normalized spacial score (nSPS) is 16.7. The molecule has 1 atom stereocenters. The van der Waals surface area contributed by atoms with Gasteiger partial charge in [-0.2, -0.15) is 5.26 Å². The Kier molecular flexibility index (Phi) is 5.55. The highest BCUT2D eigenvalue weighted by atomic mass is 16.5. The summed E-state index contributed by atoms with van der Waals surface area (Å²) in [4.78, 5) is 26.7. The summed E-state index contributed by atoms with van der Waals surface area (Å²) in [5, 5.41) is 9.88. The number of rotatable bonds is 5. The molecular formula is C28H20N2O5. The molecule has 1 aliphatic carbocycles. The van der Waals surface area contributed by atoms with E-state index in [0.717, 1.165) is 5.56 Å². The molecule has 1 unspecified atom stereocenters. The fourth-order valence-electron chi connectivity index (χ4n) is 4.36. The zero-order valence-electron chi connectivity index (χ0n) is 18.8. The van der Waals surface area contributed by atoms with Crippen molar-refractivity contribution in [2.45, 2.75) is 12.5 Å². The summed E-state index contributed by atoms with van der Waals surface area (Å²) in [6, 6.07) is 23.4. The summed E-state index contributed by atoms with van der Waals surface area (Å²) in [7, 11) is 1.50. The van der Waals surface area contributed by atoms with Crippen molar-refractivity contribution in [3.63, 3.8) is 0 Å². The van der Waals surface area contributed by atoms with E-state index >= 15 is 0 Å². The number of nitrogens with zero attached hydrogens (tertiary/aromatic N) is 1. The highest BCUT2D eigenvalue weighted by Crippen LogP contribution is 2.45. The van der Waals surface area contributed by atoms with Crippen molar-refractivity contribution in [1.82, 2.24) is 0 Å². The number of ether oxygens (including phenoxy) is 3. The zero-order chi connectivity index (χ0) is 24.5. The van der Waals surface area contributed by atoms with Crippen LogP contribution in [0.1, 0.15) is 37.8 Å². The molecule has 0 aromatic heterocycles. The average Bonchev–Trinajstić information content (AvgIpc) is 2.90. The molecule has 2 aliphatic rings. The molecule has 0 saturated heterocycles. The van der Waals surface area contributed by atoms with Crippen LogP contribution >= 0.6 is 0 Å². The Morgan fingerprint density at radius 1 is 0.943 bits per heavy atom. The van der Waals surface area contributed by atoms with Crippen LogP contribution in [0.25, 0.3) is 0 Å². The van der Waals surface area contributed by atoms with Gasteiger partial charge in [0, 0.05) is 11.1 Å². The summed E-state index contributed by atoms with van der Waals surface area (Å²) in [6.07, 6.45) is 0. The van der Waals surface area contributed by atoms with Crippen LogP contribution in [-0.2, 0) is 11.3 Å². The Labute approximate surface area is 201 Å². The first kappa shape index (κ1) is 22.0. The topological polar surface area (TPSA) is 112 Å². The number of benzene rings is 3. The van der Waals surface area contributed by atoms with E-state index in [1.165, 1.54) is 7.11 Å². The number of carbonyl (C=O) groups excluding carboxylic acids is 2. The molecule has 5 rings (SSSR count). The molecule has 0 spiro atoms. The fraction of sp³-hybridized carbons (Fsp3) is 0.107. The molecule has 1 aliphatic heterocycles. The van der Waals surface area contributed by atoms with E-state index in [4.69, 9.17) is 19.9 Å². The van der Waals surface area contributed by atoms with Gasteiger partial charge in [0.1, 0.15) is 18.2 Å². The number of hydrogen-bond acceptors (Lipinski definition) is 7. The van der Waals surface area contributed by atoms with Gasteiger partial charge in [-0.15, -0.1) is 0 Å². The molecule has 1 heterocycles. The maximum Gasteiger partial charge on any atom is 0.229 e. The van der Waals surface area contributed by atoms with Gasteiger partial charge in [0.15, 0.2) is 23.0 Å². The molecular weight excluding hydrogens is 444 g/mol. The Bertz CT molecular complexity index is 1460. The number of Topliss-reactive ketones (excluding diaryl/α,β-unsaturated/α-hetero) is 2. The molecule has 3 aromatic rings. The van der Waals surface area contributed by atoms with Crippen molar-refractivity contribution in [2.24, 2.45) is 5.73 Å². The molecule has 0 bridgehead atoms. The molecule has 35 heavy (non-hydrogen) atoms. The first-order chi connectivity index (χ1) is 17.0. The number of ketones is 2. The fourth-order valence-corrected chi connectivity index (χ4v) is 4.36. The molecule has 0 fully saturated rings. The summed E-state index contributed by atoms with van der Waals surface area (Å²) in [5.74, 6) is -1.19. The third kappa shape index (κ3) is 3.71. The summed E-state index contributed by atoms with van der Waals surface area (Å²) in [5.41, 5.74) is 8.21. The molecule has 7 heteroatoms. The predicted octanol–water partition coefficient (Wildman–Crippen LogP) is 4.42. The zero-order valence-corrected chi connectivity index (χ0v) is 18.8. The van der Waals surface area contributed by atoms with Gasteiger partial charge in [-0.05, 0) is 23.3 Å². The lowest BCUT2D eigenvalue weighted by Gasteiger charge is -2.31. The van der Waals surface area contributed by atoms with Gasteiger partial charge in [-0.1, -0.05) is 60.7 Å². The second-order valence-electron chi connectivity index (χ2n) is 8.06. The number of nitriles is 1. The third-order valence-corrected chi connectivity index (χ3v) is 6.05. The number of carbonyl (C=O) groups is 2. The van der Waals surface area contributed by atoms with Crippen molar-refractivity contribution >= 4 is 11.6 Å². The van der Waals surface area contributed by atoms with Gasteiger partial charge >= 0.3 is 0 Å². The SMILES string of the molecule is COc1cc(C2C(C#N)=C(N)OC3=C2C(=O)c2ccccc2C3=O)ccc1OCc1ccccc1. The second-order valence-corrected chi connectivity index (χ2v) is 8.06. The van der Waals surface area contributed by atoms with E-state index < -0.39 is 11.7 Å². The van der Waals surface area contributed by atoms with E-state index in [0.29, 0.717) is 23.7 Å². The third-order valence-electron chi connectivity index (χ3n) is 6.05. The van der Waals surface area contributed by atoms with E-state index in [-0.39, 0.29) is 39.7 Å². The van der Waals surface area contributed by atoms with Crippen LogP contribution in [0.2, 0.25) is 0 Å². The molecule has 3 aromatic carbocycles. The molecule has 7 nitrogen and oxygen atoms in total. The number of methoxy groups -OCH3 is 1. The highest BCUT2D eigenvalue weighted by molar-refractivity contribution is 6.27. The van der Waals surface area contributed by atoms with Crippen LogP contribution in [0.5, 0.6) is 11.5 Å². The van der Waals surface area contributed by atoms with E-state index in [2.05, 4.69) is 6.07 Å². The van der Waals surface area contributed by atoms with Gasteiger partial charge in [0.25, 0.3) is 0 Å². The van der Waals surface area contributed by atoms with Gasteiger partial charge in [-0.25, -0.2) is 0 Å². The quantitative estimate of drug-likeness (QED) is 0.595. The van der Waals surface area contributed by atoms with Crippen molar-refractivity contribution in [1.29, 1.82) is 5.26 Å². The van der Waals surface area contributed by atoms with Gasteiger partial charge in [-0.3, -0.25) is 9.59 Å². The van der Waals surface area contributed by atoms with Crippen LogP contribution in [0.15, 0.2) is 95.6 Å². The van der Waals surface area contributed by atoms with Gasteiger partial charge < -0.3 is 19.9 Å². The van der Waals surface area contributed by atoms with E-state index in [1.54, 1.807) is 42.5 Å². The Hall–Kier alpha value is -4.83. The first-order valence-corrected chi connectivity index (χ1v) is 10.9. The highest BCUT2D eigenvalue weighted by Gasteiger charge is 2.43. The van der Waals surface area contributed by atoms with E-state index in [9.17, 15) is 14.9 Å². The second kappa shape index (κ2) is 8.84. The van der Waals surface area contributed by atoms with Crippen molar-refractivity contribution in [3.05, 3.63) is 118 Å². The minimum absolute atomic E-state index is 0.0456. The smallest absolute Gasteiger partial charge is 0.229 e. The summed E-state index contributed by atoms with van der Waals surface area (Å²) in [6.45, 7) is 0.336. The van der Waals surface area contributed by atoms with Crippen LogP contribution in [-0.4, -0.2) is 18.7 Å². The van der Waals surface area contributed by atoms with Crippen molar-refractivity contribution in [2.75, 3.05) is 7.11 Å². The van der Waals surface area contributed by atoms with Crippen LogP contribution in [0, 0.1) is 11.3 Å². The average molecular weight is 464 g/mol.